The smallest absolute Gasteiger partial charge is 0.287 e. The molecule has 6 nitrogen and oxygen atoms in total. The van der Waals surface area contributed by atoms with Gasteiger partial charge in [-0.3, -0.25) is 4.79 Å². The number of imidazole rings is 1. The molecule has 5 rings (SSSR count). The van der Waals surface area contributed by atoms with Crippen LogP contribution >= 0.6 is 11.6 Å². The summed E-state index contributed by atoms with van der Waals surface area (Å²) in [6.45, 7) is 4.41. The summed E-state index contributed by atoms with van der Waals surface area (Å²) < 4.78 is 3.60. The molecular weight excluding hydrogens is 410 g/mol. The first-order valence-corrected chi connectivity index (χ1v) is 11.1. The van der Waals surface area contributed by atoms with Gasteiger partial charge in [-0.2, -0.15) is 4.98 Å². The van der Waals surface area contributed by atoms with E-state index in [0.717, 1.165) is 31.6 Å². The van der Waals surface area contributed by atoms with E-state index in [-0.39, 0.29) is 5.56 Å². The zero-order valence-corrected chi connectivity index (χ0v) is 18.2. The first-order chi connectivity index (χ1) is 15.2. The molecule has 0 saturated carbocycles. The van der Waals surface area contributed by atoms with Crippen molar-refractivity contribution in [2.45, 2.75) is 32.2 Å². The summed E-state index contributed by atoms with van der Waals surface area (Å²) in [7, 11) is 0. The fourth-order valence-electron chi connectivity index (χ4n) is 4.41. The Kier molecular flexibility index (Phi) is 5.24. The van der Waals surface area contributed by atoms with Gasteiger partial charge in [0.25, 0.3) is 5.56 Å². The van der Waals surface area contributed by atoms with Crippen molar-refractivity contribution in [2.75, 3.05) is 18.0 Å². The molecule has 31 heavy (non-hydrogen) atoms. The van der Waals surface area contributed by atoms with Crippen molar-refractivity contribution in [1.82, 2.24) is 19.1 Å². The fourth-order valence-corrected chi connectivity index (χ4v) is 4.53. The van der Waals surface area contributed by atoms with Crippen LogP contribution in [0.5, 0.6) is 0 Å². The summed E-state index contributed by atoms with van der Waals surface area (Å²) in [6.07, 6.45) is 3.86. The SMILES string of the molecule is CCn1cnc2c(=O)n(-c3ccc(Cl)cc3)c(N3CCCC(c4ccccc4)C3)nc21. The van der Waals surface area contributed by atoms with Gasteiger partial charge in [0.2, 0.25) is 5.95 Å². The van der Waals surface area contributed by atoms with Crippen LogP contribution in [-0.4, -0.2) is 32.2 Å². The van der Waals surface area contributed by atoms with Crippen molar-refractivity contribution in [3.63, 3.8) is 0 Å². The van der Waals surface area contributed by atoms with Crippen LogP contribution in [0.25, 0.3) is 16.9 Å². The molecule has 158 valence electrons. The van der Waals surface area contributed by atoms with Gasteiger partial charge in [0.05, 0.1) is 12.0 Å². The van der Waals surface area contributed by atoms with Gasteiger partial charge in [0, 0.05) is 30.6 Å². The Morgan fingerprint density at radius 2 is 1.87 bits per heavy atom. The molecule has 1 fully saturated rings. The van der Waals surface area contributed by atoms with Gasteiger partial charge in [-0.05, 0) is 49.6 Å². The average molecular weight is 434 g/mol. The molecule has 1 aliphatic heterocycles. The molecular formula is C24H24ClN5O. The summed E-state index contributed by atoms with van der Waals surface area (Å²) in [5.41, 5.74) is 2.93. The van der Waals surface area contributed by atoms with Crippen molar-refractivity contribution < 1.29 is 0 Å². The first kappa shape index (κ1) is 19.8. The Balaban J connectivity index is 1.66. The molecule has 1 aliphatic rings. The Morgan fingerprint density at radius 3 is 2.61 bits per heavy atom. The number of rotatable bonds is 4. The number of anilines is 1. The van der Waals surface area contributed by atoms with E-state index in [1.807, 2.05) is 29.7 Å². The zero-order chi connectivity index (χ0) is 21.4. The van der Waals surface area contributed by atoms with Crippen LogP contribution in [-0.2, 0) is 6.54 Å². The van der Waals surface area contributed by atoms with Crippen molar-refractivity contribution in [1.29, 1.82) is 0 Å². The molecule has 3 heterocycles. The van der Waals surface area contributed by atoms with Crippen molar-refractivity contribution in [3.05, 3.63) is 81.9 Å². The predicted octanol–water partition coefficient (Wildman–Crippen LogP) is 4.64. The molecule has 2 aromatic carbocycles. The maximum Gasteiger partial charge on any atom is 0.287 e. The van der Waals surface area contributed by atoms with E-state index >= 15 is 0 Å². The maximum absolute atomic E-state index is 13.5. The normalized spacial score (nSPS) is 16.7. The highest BCUT2D eigenvalue weighted by molar-refractivity contribution is 6.30. The predicted molar refractivity (Wildman–Crippen MR) is 124 cm³/mol. The van der Waals surface area contributed by atoms with Gasteiger partial charge in [0.15, 0.2) is 11.2 Å². The Hall–Kier alpha value is -3.12. The Labute approximate surface area is 185 Å². The minimum absolute atomic E-state index is 0.156. The largest absolute Gasteiger partial charge is 0.341 e. The minimum atomic E-state index is -0.156. The molecule has 0 amide bonds. The highest BCUT2D eigenvalue weighted by Crippen LogP contribution is 2.30. The highest BCUT2D eigenvalue weighted by atomic mass is 35.5. The minimum Gasteiger partial charge on any atom is -0.341 e. The van der Waals surface area contributed by atoms with Crippen molar-refractivity contribution >= 4 is 28.7 Å². The third-order valence-electron chi connectivity index (χ3n) is 6.02. The van der Waals surface area contributed by atoms with E-state index in [9.17, 15) is 4.79 Å². The molecule has 0 N–H and O–H groups in total. The molecule has 4 aromatic rings. The van der Waals surface area contributed by atoms with Crippen LogP contribution in [0.3, 0.4) is 0 Å². The van der Waals surface area contributed by atoms with Crippen LogP contribution in [0.2, 0.25) is 5.02 Å². The molecule has 2 aromatic heterocycles. The Bertz CT molecular complexity index is 1260. The molecule has 1 saturated heterocycles. The molecule has 1 atom stereocenters. The number of hydrogen-bond acceptors (Lipinski definition) is 4. The van der Waals surface area contributed by atoms with E-state index in [2.05, 4.69) is 34.1 Å². The molecule has 1 unspecified atom stereocenters. The van der Waals surface area contributed by atoms with Gasteiger partial charge in [0.1, 0.15) is 0 Å². The highest BCUT2D eigenvalue weighted by Gasteiger charge is 2.26. The van der Waals surface area contributed by atoms with Gasteiger partial charge in [-0.1, -0.05) is 41.9 Å². The number of fused-ring (bicyclic) bond motifs is 1. The maximum atomic E-state index is 13.5. The van der Waals surface area contributed by atoms with Gasteiger partial charge in [-0.15, -0.1) is 0 Å². The lowest BCUT2D eigenvalue weighted by Gasteiger charge is -2.34. The molecule has 7 heteroatoms. The summed E-state index contributed by atoms with van der Waals surface area (Å²) in [4.78, 5) is 25.1. The van der Waals surface area contributed by atoms with E-state index in [1.165, 1.54) is 5.56 Å². The van der Waals surface area contributed by atoms with Crippen LogP contribution in [0, 0.1) is 0 Å². The second-order valence-corrected chi connectivity index (χ2v) is 8.36. The van der Waals surface area contributed by atoms with Crippen LogP contribution in [0.4, 0.5) is 5.95 Å². The Morgan fingerprint density at radius 1 is 1.10 bits per heavy atom. The summed E-state index contributed by atoms with van der Waals surface area (Å²) >= 11 is 6.10. The number of hydrogen-bond donors (Lipinski definition) is 0. The number of halogens is 1. The second-order valence-electron chi connectivity index (χ2n) is 7.93. The summed E-state index contributed by atoms with van der Waals surface area (Å²) in [5, 5.41) is 0.629. The van der Waals surface area contributed by atoms with E-state index in [4.69, 9.17) is 16.6 Å². The number of aryl methyl sites for hydroxylation is 1. The molecule has 0 aliphatic carbocycles. The zero-order valence-electron chi connectivity index (χ0n) is 17.4. The van der Waals surface area contributed by atoms with Crippen molar-refractivity contribution in [3.8, 4) is 5.69 Å². The van der Waals surface area contributed by atoms with E-state index in [0.29, 0.717) is 34.6 Å². The van der Waals surface area contributed by atoms with Crippen LogP contribution in [0.1, 0.15) is 31.2 Å². The quantitative estimate of drug-likeness (QED) is 0.470. The number of nitrogens with zero attached hydrogens (tertiary/aromatic N) is 5. The third kappa shape index (κ3) is 3.61. The third-order valence-corrected chi connectivity index (χ3v) is 6.27. The number of benzene rings is 2. The summed E-state index contributed by atoms with van der Waals surface area (Å²) in [6, 6.07) is 17.9. The summed E-state index contributed by atoms with van der Waals surface area (Å²) in [5.74, 6) is 1.06. The fraction of sp³-hybridized carbons (Fsp3) is 0.292. The number of piperidine rings is 1. The average Bonchev–Trinajstić information content (AvgIpc) is 3.24. The van der Waals surface area contributed by atoms with Gasteiger partial charge >= 0.3 is 0 Å². The lowest BCUT2D eigenvalue weighted by Crippen LogP contribution is -2.39. The lowest BCUT2D eigenvalue weighted by atomic mass is 9.91. The topological polar surface area (TPSA) is 56.0 Å². The standard InChI is InChI=1S/C24H24ClN5O/c1-2-28-16-26-21-22(28)27-24(30(23(21)31)20-12-10-19(25)11-13-20)29-14-6-9-18(15-29)17-7-4-3-5-8-17/h3-5,7-8,10-13,16,18H,2,6,9,14-15H2,1H3. The molecule has 0 radical (unpaired) electrons. The van der Waals surface area contributed by atoms with Crippen LogP contribution in [0.15, 0.2) is 65.7 Å². The molecule has 0 spiro atoms. The van der Waals surface area contributed by atoms with E-state index in [1.54, 1.807) is 23.0 Å². The first-order valence-electron chi connectivity index (χ1n) is 10.7. The lowest BCUT2D eigenvalue weighted by molar-refractivity contribution is 0.500. The number of aromatic nitrogens is 4. The van der Waals surface area contributed by atoms with Gasteiger partial charge < -0.3 is 9.47 Å². The van der Waals surface area contributed by atoms with E-state index < -0.39 is 0 Å². The van der Waals surface area contributed by atoms with Crippen molar-refractivity contribution in [2.24, 2.45) is 0 Å². The monoisotopic (exact) mass is 433 g/mol. The van der Waals surface area contributed by atoms with Crippen LogP contribution < -0.4 is 10.5 Å². The second kappa shape index (κ2) is 8.19. The molecule has 0 bridgehead atoms. The van der Waals surface area contributed by atoms with Gasteiger partial charge in [-0.25, -0.2) is 9.55 Å².